The fourth-order valence-electron chi connectivity index (χ4n) is 3.11. The molecule has 1 aliphatic rings. The number of hydrogen-bond acceptors (Lipinski definition) is 7. The van der Waals surface area contributed by atoms with E-state index >= 15 is 0 Å². The average Bonchev–Trinajstić information content (AvgIpc) is 3.36. The summed E-state index contributed by atoms with van der Waals surface area (Å²) < 4.78 is 16.0. The van der Waals surface area contributed by atoms with Crippen LogP contribution in [0.2, 0.25) is 10.0 Å². The maximum atomic E-state index is 12.1. The molecular formula is C25H20Cl2N4O6. The zero-order chi connectivity index (χ0) is 26.2. The average molecular weight is 543 g/mol. The summed E-state index contributed by atoms with van der Waals surface area (Å²) in [5.74, 6) is -0.480. The molecule has 0 saturated heterocycles. The number of ether oxygens (including phenoxy) is 3. The quantitative estimate of drug-likeness (QED) is 0.227. The van der Waals surface area contributed by atoms with Crippen LogP contribution in [0.3, 0.4) is 0 Å². The van der Waals surface area contributed by atoms with Crippen LogP contribution in [-0.2, 0) is 20.9 Å². The van der Waals surface area contributed by atoms with Gasteiger partial charge < -0.3 is 24.8 Å². The predicted octanol–water partition coefficient (Wildman–Crippen LogP) is 3.51. The lowest BCUT2D eigenvalue weighted by atomic mass is 10.2. The van der Waals surface area contributed by atoms with E-state index < -0.39 is 17.7 Å². The highest BCUT2D eigenvalue weighted by Crippen LogP contribution is 2.32. The maximum Gasteiger partial charge on any atom is 0.329 e. The fourth-order valence-corrected chi connectivity index (χ4v) is 3.56. The van der Waals surface area contributed by atoms with Crippen molar-refractivity contribution in [3.05, 3.63) is 81.8 Å². The Bertz CT molecular complexity index is 1350. The second-order valence-electron chi connectivity index (χ2n) is 7.60. The summed E-state index contributed by atoms with van der Waals surface area (Å²) in [6, 6.07) is 16.5. The van der Waals surface area contributed by atoms with E-state index in [1.807, 2.05) is 0 Å². The van der Waals surface area contributed by atoms with E-state index in [-0.39, 0.29) is 19.9 Å². The van der Waals surface area contributed by atoms with Gasteiger partial charge in [-0.3, -0.25) is 14.4 Å². The molecule has 0 saturated carbocycles. The largest absolute Gasteiger partial charge is 0.484 e. The number of benzene rings is 3. The third-order valence-corrected chi connectivity index (χ3v) is 5.48. The molecule has 0 aromatic heterocycles. The SMILES string of the molecule is O=C(COc1ccc(/C=N\NC(=O)C(=O)NCc2ccc3c(c2)OCO3)cc1)Nc1ccc(Cl)cc1Cl. The van der Waals surface area contributed by atoms with Crippen LogP contribution in [0.4, 0.5) is 5.69 Å². The molecule has 1 aliphatic heterocycles. The Morgan fingerprint density at radius 3 is 2.51 bits per heavy atom. The number of hydrazone groups is 1. The maximum absolute atomic E-state index is 12.1. The molecule has 12 heteroatoms. The summed E-state index contributed by atoms with van der Waals surface area (Å²) in [5.41, 5.74) is 3.97. The first-order valence-electron chi connectivity index (χ1n) is 10.8. The van der Waals surface area contributed by atoms with Crippen molar-refractivity contribution < 1.29 is 28.6 Å². The Morgan fingerprint density at radius 2 is 1.73 bits per heavy atom. The van der Waals surface area contributed by atoms with Crippen LogP contribution < -0.4 is 30.3 Å². The van der Waals surface area contributed by atoms with Crippen molar-refractivity contribution in [2.75, 3.05) is 18.7 Å². The van der Waals surface area contributed by atoms with Crippen molar-refractivity contribution >= 4 is 52.8 Å². The number of carbonyl (C=O) groups excluding carboxylic acids is 3. The van der Waals surface area contributed by atoms with Crippen LogP contribution in [0.15, 0.2) is 65.8 Å². The normalized spacial score (nSPS) is 11.7. The zero-order valence-corrected chi connectivity index (χ0v) is 20.6. The van der Waals surface area contributed by atoms with Crippen LogP contribution in [-0.4, -0.2) is 37.3 Å². The van der Waals surface area contributed by atoms with Crippen molar-refractivity contribution in [2.45, 2.75) is 6.54 Å². The molecule has 0 aliphatic carbocycles. The van der Waals surface area contributed by atoms with Gasteiger partial charge in [0, 0.05) is 11.6 Å². The van der Waals surface area contributed by atoms with Gasteiger partial charge in [-0.05, 0) is 65.7 Å². The molecule has 3 aromatic carbocycles. The Hall–Kier alpha value is -4.28. The Kier molecular flexibility index (Phi) is 8.44. The number of rotatable bonds is 8. The molecule has 0 bridgehead atoms. The Balaban J connectivity index is 1.18. The van der Waals surface area contributed by atoms with E-state index in [1.54, 1.807) is 54.6 Å². The van der Waals surface area contributed by atoms with Crippen LogP contribution in [0.25, 0.3) is 0 Å². The number of fused-ring (bicyclic) bond motifs is 1. The summed E-state index contributed by atoms with van der Waals surface area (Å²) in [7, 11) is 0. The minimum Gasteiger partial charge on any atom is -0.484 e. The summed E-state index contributed by atoms with van der Waals surface area (Å²) in [4.78, 5) is 36.0. The van der Waals surface area contributed by atoms with Gasteiger partial charge in [-0.1, -0.05) is 29.3 Å². The van der Waals surface area contributed by atoms with Gasteiger partial charge in [0.05, 0.1) is 16.9 Å². The number of nitrogens with one attached hydrogen (secondary N) is 3. The lowest BCUT2D eigenvalue weighted by molar-refractivity contribution is -0.139. The number of hydrogen-bond donors (Lipinski definition) is 3. The monoisotopic (exact) mass is 542 g/mol. The van der Waals surface area contributed by atoms with E-state index in [2.05, 4.69) is 21.2 Å². The molecule has 190 valence electrons. The Labute approximate surface area is 221 Å². The number of nitrogens with zero attached hydrogens (tertiary/aromatic N) is 1. The first kappa shape index (κ1) is 25.8. The highest BCUT2D eigenvalue weighted by atomic mass is 35.5. The van der Waals surface area contributed by atoms with Crippen LogP contribution in [0.5, 0.6) is 17.2 Å². The van der Waals surface area contributed by atoms with Crippen LogP contribution >= 0.6 is 23.2 Å². The summed E-state index contributed by atoms with van der Waals surface area (Å²) in [5, 5.41) is 9.70. The lowest BCUT2D eigenvalue weighted by Crippen LogP contribution is -2.37. The van der Waals surface area contributed by atoms with Crippen molar-refractivity contribution in [1.29, 1.82) is 0 Å². The molecule has 10 nitrogen and oxygen atoms in total. The zero-order valence-electron chi connectivity index (χ0n) is 19.1. The molecule has 1 heterocycles. The van der Waals surface area contributed by atoms with Gasteiger partial charge in [0.1, 0.15) is 5.75 Å². The van der Waals surface area contributed by atoms with E-state index in [4.69, 9.17) is 37.4 Å². The van der Waals surface area contributed by atoms with E-state index in [9.17, 15) is 14.4 Å². The molecule has 3 N–H and O–H groups in total. The molecule has 3 aromatic rings. The lowest BCUT2D eigenvalue weighted by Gasteiger charge is -2.09. The van der Waals surface area contributed by atoms with Crippen LogP contribution in [0.1, 0.15) is 11.1 Å². The Morgan fingerprint density at radius 1 is 0.946 bits per heavy atom. The standard InChI is InChI=1S/C25H20Cl2N4O6/c26-17-4-7-20(19(27)10-17)30-23(32)13-35-18-5-1-15(2-6-18)12-29-31-25(34)24(33)28-11-16-3-8-21-22(9-16)37-14-36-21/h1-10,12H,11,13-14H2,(H,28,33)(H,30,32)(H,31,34)/b29-12-. The second kappa shape index (κ2) is 12.1. The van der Waals surface area contributed by atoms with E-state index in [0.29, 0.717) is 38.5 Å². The van der Waals surface area contributed by atoms with Gasteiger partial charge in [0.15, 0.2) is 18.1 Å². The molecule has 0 fully saturated rings. The fraction of sp³-hybridized carbons (Fsp3) is 0.120. The molecule has 0 spiro atoms. The summed E-state index contributed by atoms with van der Waals surface area (Å²) in [6.07, 6.45) is 1.36. The molecule has 0 radical (unpaired) electrons. The number of anilines is 1. The second-order valence-corrected chi connectivity index (χ2v) is 8.44. The van der Waals surface area contributed by atoms with Crippen LogP contribution in [0, 0.1) is 0 Å². The molecule has 0 unspecified atom stereocenters. The van der Waals surface area contributed by atoms with Gasteiger partial charge >= 0.3 is 11.8 Å². The third-order valence-electron chi connectivity index (χ3n) is 4.93. The van der Waals surface area contributed by atoms with Gasteiger partial charge in [-0.15, -0.1) is 0 Å². The van der Waals surface area contributed by atoms with Gasteiger partial charge in [-0.25, -0.2) is 5.43 Å². The number of carbonyl (C=O) groups is 3. The van der Waals surface area contributed by atoms with E-state index in [1.165, 1.54) is 12.3 Å². The molecule has 0 atom stereocenters. The summed E-state index contributed by atoms with van der Waals surface area (Å²) >= 11 is 11.9. The highest BCUT2D eigenvalue weighted by molar-refractivity contribution is 6.36. The molecule has 37 heavy (non-hydrogen) atoms. The minimum atomic E-state index is -0.913. The van der Waals surface area contributed by atoms with E-state index in [0.717, 1.165) is 5.56 Å². The van der Waals surface area contributed by atoms with Crippen molar-refractivity contribution in [3.8, 4) is 17.2 Å². The van der Waals surface area contributed by atoms with Crippen molar-refractivity contribution in [1.82, 2.24) is 10.7 Å². The van der Waals surface area contributed by atoms with Crippen molar-refractivity contribution in [3.63, 3.8) is 0 Å². The highest BCUT2D eigenvalue weighted by Gasteiger charge is 2.15. The van der Waals surface area contributed by atoms with Gasteiger partial charge in [-0.2, -0.15) is 5.10 Å². The predicted molar refractivity (Wildman–Crippen MR) is 137 cm³/mol. The van der Waals surface area contributed by atoms with Crippen molar-refractivity contribution in [2.24, 2.45) is 5.10 Å². The molecule has 4 rings (SSSR count). The minimum absolute atomic E-state index is 0.138. The van der Waals surface area contributed by atoms with Gasteiger partial charge in [0.2, 0.25) is 6.79 Å². The summed E-state index contributed by atoms with van der Waals surface area (Å²) in [6.45, 7) is 0.0575. The topological polar surface area (TPSA) is 127 Å². The smallest absolute Gasteiger partial charge is 0.329 e. The molecular weight excluding hydrogens is 523 g/mol. The first-order valence-corrected chi connectivity index (χ1v) is 11.6. The number of amides is 3. The number of halogens is 2. The first-order chi connectivity index (χ1) is 17.9. The molecule has 3 amide bonds. The van der Waals surface area contributed by atoms with Gasteiger partial charge in [0.25, 0.3) is 5.91 Å². The third kappa shape index (κ3) is 7.35.